The summed E-state index contributed by atoms with van der Waals surface area (Å²) in [4.78, 5) is 11.8. The van der Waals surface area contributed by atoms with Crippen molar-refractivity contribution in [2.24, 2.45) is 0 Å². The normalized spacial score (nSPS) is 12.4. The highest BCUT2D eigenvalue weighted by Crippen LogP contribution is 2.10. The van der Waals surface area contributed by atoms with Gasteiger partial charge in [0.15, 0.2) is 0 Å². The van der Waals surface area contributed by atoms with Crippen LogP contribution in [0.25, 0.3) is 0 Å². The molecule has 0 atom stereocenters. The molecule has 2 N–H and O–H groups in total. The van der Waals surface area contributed by atoms with Gasteiger partial charge in [-0.25, -0.2) is 21.6 Å². The Labute approximate surface area is 130 Å². The first kappa shape index (κ1) is 18.6. The summed E-state index contributed by atoms with van der Waals surface area (Å²) in [5, 5.41) is 2.54. The van der Waals surface area contributed by atoms with Crippen LogP contribution in [0.1, 0.15) is 5.56 Å². The number of benzene rings is 1. The Kier molecular flexibility index (Phi) is 6.06. The quantitative estimate of drug-likeness (QED) is 0.663. The Morgan fingerprint density at radius 2 is 1.86 bits per heavy atom. The van der Waals surface area contributed by atoms with Crippen molar-refractivity contribution < 1.29 is 21.6 Å². The second-order valence-electron chi connectivity index (χ2n) is 4.65. The number of likely N-dealkylation sites (N-methyl/N-ethyl adjacent to an activating group) is 1. The van der Waals surface area contributed by atoms with E-state index in [0.717, 1.165) is 10.6 Å². The Hall–Kier alpha value is -1.49. The van der Waals surface area contributed by atoms with E-state index in [1.165, 1.54) is 26.2 Å². The fourth-order valence-electron chi connectivity index (χ4n) is 1.52. The first-order chi connectivity index (χ1) is 10.1. The third-order valence-electron chi connectivity index (χ3n) is 2.90. The average Bonchev–Trinajstić information content (AvgIpc) is 2.44. The molecule has 0 bridgehead atoms. The van der Waals surface area contributed by atoms with Crippen LogP contribution in [-0.4, -0.2) is 53.9 Å². The van der Waals surface area contributed by atoms with E-state index in [9.17, 15) is 21.6 Å². The molecule has 0 aliphatic rings. The van der Waals surface area contributed by atoms with E-state index in [1.54, 1.807) is 12.1 Å². The van der Waals surface area contributed by atoms with Crippen molar-refractivity contribution in [2.75, 3.05) is 26.9 Å². The van der Waals surface area contributed by atoms with E-state index in [0.29, 0.717) is 5.56 Å². The van der Waals surface area contributed by atoms with Crippen LogP contribution in [0.5, 0.6) is 0 Å². The molecule has 0 spiro atoms. The van der Waals surface area contributed by atoms with Gasteiger partial charge in [0.1, 0.15) is 0 Å². The van der Waals surface area contributed by atoms with E-state index in [-0.39, 0.29) is 18.0 Å². The summed E-state index contributed by atoms with van der Waals surface area (Å²) in [6.45, 7) is -0.198. The molecule has 1 amide bonds. The van der Waals surface area contributed by atoms with Crippen LogP contribution in [0.15, 0.2) is 29.2 Å². The Balaban J connectivity index is 2.70. The van der Waals surface area contributed by atoms with Crippen molar-refractivity contribution in [1.29, 1.82) is 0 Å². The second kappa shape index (κ2) is 7.18. The lowest BCUT2D eigenvalue weighted by Crippen LogP contribution is -2.37. The lowest BCUT2D eigenvalue weighted by molar-refractivity contribution is -0.121. The van der Waals surface area contributed by atoms with Gasteiger partial charge in [-0.3, -0.25) is 4.79 Å². The number of nitrogens with zero attached hydrogens (tertiary/aromatic N) is 1. The number of amides is 1. The van der Waals surface area contributed by atoms with Crippen LogP contribution in [0.3, 0.4) is 0 Å². The molecule has 0 saturated heterocycles. The molecule has 0 heterocycles. The summed E-state index contributed by atoms with van der Waals surface area (Å²) in [5.74, 6) is -0.477. The number of carbonyl (C=O) groups excluding carboxylic acids is 1. The van der Waals surface area contributed by atoms with Gasteiger partial charge in [0, 0.05) is 13.6 Å². The van der Waals surface area contributed by atoms with Gasteiger partial charge in [-0.15, -0.1) is 0 Å². The molecule has 10 heteroatoms. The smallest absolute Gasteiger partial charge is 0.240 e. The molecule has 0 aliphatic carbocycles. The third-order valence-corrected chi connectivity index (χ3v) is 5.57. The first-order valence-corrected chi connectivity index (χ1v) is 9.60. The van der Waals surface area contributed by atoms with Gasteiger partial charge >= 0.3 is 0 Å². The SMILES string of the molecule is CNS(=O)(=O)c1cccc(CNC(=O)CN(C)S(C)(=O)=O)c1. The number of rotatable bonds is 7. The highest BCUT2D eigenvalue weighted by Gasteiger charge is 2.15. The molecule has 1 aromatic carbocycles. The number of nitrogens with one attached hydrogen (secondary N) is 2. The summed E-state index contributed by atoms with van der Waals surface area (Å²) < 4.78 is 48.9. The summed E-state index contributed by atoms with van der Waals surface area (Å²) >= 11 is 0. The average molecular weight is 349 g/mol. The molecule has 0 fully saturated rings. The maximum Gasteiger partial charge on any atom is 0.240 e. The van der Waals surface area contributed by atoms with Crippen molar-refractivity contribution in [3.05, 3.63) is 29.8 Å². The van der Waals surface area contributed by atoms with Gasteiger partial charge < -0.3 is 5.32 Å². The molecule has 124 valence electrons. The largest absolute Gasteiger partial charge is 0.351 e. The maximum absolute atomic E-state index is 11.7. The topological polar surface area (TPSA) is 113 Å². The fraction of sp³-hybridized carbons (Fsp3) is 0.417. The molecule has 0 saturated carbocycles. The molecule has 0 aliphatic heterocycles. The monoisotopic (exact) mass is 349 g/mol. The zero-order valence-corrected chi connectivity index (χ0v) is 14.2. The van der Waals surface area contributed by atoms with Crippen molar-refractivity contribution in [1.82, 2.24) is 14.3 Å². The lowest BCUT2D eigenvalue weighted by Gasteiger charge is -2.14. The molecule has 8 nitrogen and oxygen atoms in total. The summed E-state index contributed by atoms with van der Waals surface area (Å²) in [6.07, 6.45) is 1.01. The van der Waals surface area contributed by atoms with Crippen molar-refractivity contribution in [2.45, 2.75) is 11.4 Å². The van der Waals surface area contributed by atoms with E-state index < -0.39 is 26.0 Å². The number of sulfonamides is 2. The molecule has 0 aromatic heterocycles. The second-order valence-corrected chi connectivity index (χ2v) is 8.63. The minimum atomic E-state index is -3.55. The van der Waals surface area contributed by atoms with E-state index in [2.05, 4.69) is 10.0 Å². The molecular weight excluding hydrogens is 330 g/mol. The van der Waals surface area contributed by atoms with E-state index >= 15 is 0 Å². The van der Waals surface area contributed by atoms with Gasteiger partial charge in [0.05, 0.1) is 17.7 Å². The Morgan fingerprint density at radius 1 is 1.23 bits per heavy atom. The van der Waals surface area contributed by atoms with Gasteiger partial charge in [-0.05, 0) is 24.7 Å². The van der Waals surface area contributed by atoms with Gasteiger partial charge in [0.25, 0.3) is 0 Å². The number of carbonyl (C=O) groups is 1. The predicted molar refractivity (Wildman–Crippen MR) is 82.0 cm³/mol. The Morgan fingerprint density at radius 3 is 2.41 bits per heavy atom. The Bertz CT molecular complexity index is 744. The standard InChI is InChI=1S/C12H19N3O5S2/c1-13-22(19,20)11-6-4-5-10(7-11)8-14-12(16)9-15(2)21(3,17)18/h4-7,13H,8-9H2,1-3H3,(H,14,16). The molecule has 0 radical (unpaired) electrons. The molecule has 1 aromatic rings. The minimum Gasteiger partial charge on any atom is -0.351 e. The zero-order valence-electron chi connectivity index (χ0n) is 12.5. The molecule has 0 unspecified atom stereocenters. The van der Waals surface area contributed by atoms with Crippen LogP contribution in [-0.2, 0) is 31.4 Å². The summed E-state index contributed by atoms with van der Waals surface area (Å²) in [6, 6.07) is 6.10. The maximum atomic E-state index is 11.7. The van der Waals surface area contributed by atoms with Gasteiger partial charge in [0.2, 0.25) is 26.0 Å². The van der Waals surface area contributed by atoms with Gasteiger partial charge in [-0.2, -0.15) is 4.31 Å². The summed E-state index contributed by atoms with van der Waals surface area (Å²) in [5.41, 5.74) is 0.590. The van der Waals surface area contributed by atoms with Crippen molar-refractivity contribution in [3.8, 4) is 0 Å². The van der Waals surface area contributed by atoms with Crippen LogP contribution in [0, 0.1) is 0 Å². The number of hydrogen-bond donors (Lipinski definition) is 2. The van der Waals surface area contributed by atoms with Crippen LogP contribution < -0.4 is 10.0 Å². The van der Waals surface area contributed by atoms with E-state index in [4.69, 9.17) is 0 Å². The highest BCUT2D eigenvalue weighted by atomic mass is 32.2. The first-order valence-electron chi connectivity index (χ1n) is 6.27. The fourth-order valence-corrected chi connectivity index (χ4v) is 2.67. The van der Waals surface area contributed by atoms with Crippen molar-refractivity contribution >= 4 is 26.0 Å². The van der Waals surface area contributed by atoms with Crippen LogP contribution in [0.2, 0.25) is 0 Å². The molecular formula is C12H19N3O5S2. The minimum absolute atomic E-state index is 0.0926. The van der Waals surface area contributed by atoms with Crippen LogP contribution >= 0.6 is 0 Å². The molecule has 1 rings (SSSR count). The third kappa shape index (κ3) is 5.37. The zero-order chi connectivity index (χ0) is 17.0. The van der Waals surface area contributed by atoms with Crippen molar-refractivity contribution in [3.63, 3.8) is 0 Å². The highest BCUT2D eigenvalue weighted by molar-refractivity contribution is 7.89. The summed E-state index contributed by atoms with van der Waals surface area (Å²) in [7, 11) is -4.36. The van der Waals surface area contributed by atoms with Gasteiger partial charge in [-0.1, -0.05) is 12.1 Å². The molecule has 22 heavy (non-hydrogen) atoms. The number of hydrogen-bond acceptors (Lipinski definition) is 5. The van der Waals surface area contributed by atoms with E-state index in [1.807, 2.05) is 0 Å². The predicted octanol–water partition coefficient (Wildman–Crippen LogP) is -0.898. The van der Waals surface area contributed by atoms with Crippen LogP contribution in [0.4, 0.5) is 0 Å². The lowest BCUT2D eigenvalue weighted by atomic mass is 10.2.